The summed E-state index contributed by atoms with van der Waals surface area (Å²) in [6.07, 6.45) is 2.91. The second-order valence-corrected chi connectivity index (χ2v) is 5.35. The number of aromatic nitrogens is 1. The molecule has 1 atom stereocenters. The Morgan fingerprint density at radius 3 is 2.08 bits per heavy atom. The van der Waals surface area contributed by atoms with E-state index in [1.165, 1.54) is 12.4 Å². The maximum absolute atomic E-state index is 9.64. The minimum Gasteiger partial charge on any atom is -0.376 e. The van der Waals surface area contributed by atoms with Crippen LogP contribution < -0.4 is 0 Å². The third-order valence-corrected chi connectivity index (χ3v) is 2.42. The Balaban J connectivity index is 3.31. The van der Waals surface area contributed by atoms with E-state index in [-0.39, 0.29) is 0 Å². The Morgan fingerprint density at radius 2 is 1.83 bits per heavy atom. The van der Waals surface area contributed by atoms with Gasteiger partial charge in [-0.1, -0.05) is 23.2 Å². The van der Waals surface area contributed by atoms with Gasteiger partial charge < -0.3 is 5.11 Å². The van der Waals surface area contributed by atoms with Crippen molar-refractivity contribution in [2.75, 3.05) is 0 Å². The lowest BCUT2D eigenvalue weighted by molar-refractivity contribution is 0.179. The summed E-state index contributed by atoms with van der Waals surface area (Å²) in [4.78, 5) is 3.78. The van der Waals surface area contributed by atoms with Gasteiger partial charge in [-0.05, 0) is 29.5 Å². The predicted octanol–water partition coefficient (Wildman–Crippen LogP) is 2.99. The summed E-state index contributed by atoms with van der Waals surface area (Å²) in [6, 6.07) is 0. The van der Waals surface area contributed by atoms with Crippen LogP contribution in [-0.4, -0.2) is 10.1 Å². The first kappa shape index (κ1) is 10.5. The molecule has 0 spiro atoms. The largest absolute Gasteiger partial charge is 0.376 e. The fourth-order valence-electron chi connectivity index (χ4n) is 0.847. The van der Waals surface area contributed by atoms with Crippen LogP contribution >= 0.6 is 45.8 Å². The average Bonchev–Trinajstić information content (AvgIpc) is 1.82. The Hall–Kier alpha value is 0.420. The molecule has 0 aliphatic carbocycles. The van der Waals surface area contributed by atoms with Crippen molar-refractivity contribution in [3.05, 3.63) is 28.0 Å². The van der Waals surface area contributed by atoms with E-state index < -0.39 is 3.61 Å². The van der Waals surface area contributed by atoms with E-state index in [0.717, 1.165) is 0 Å². The minimum absolute atomic E-state index is 0.377. The lowest BCUT2D eigenvalue weighted by Gasteiger charge is -2.17. The highest BCUT2D eigenvalue weighted by atomic mass is 127. The topological polar surface area (TPSA) is 33.1 Å². The second kappa shape index (κ2) is 3.65. The molecule has 1 aromatic heterocycles. The maximum atomic E-state index is 9.64. The quantitative estimate of drug-likeness (QED) is 0.638. The molecule has 0 aliphatic heterocycles. The van der Waals surface area contributed by atoms with E-state index in [4.69, 9.17) is 23.2 Å². The summed E-state index contributed by atoms with van der Waals surface area (Å²) in [6.45, 7) is 1.61. The van der Waals surface area contributed by atoms with Gasteiger partial charge in [-0.25, -0.2) is 0 Å². The van der Waals surface area contributed by atoms with Gasteiger partial charge in [0.2, 0.25) is 0 Å². The van der Waals surface area contributed by atoms with E-state index in [2.05, 4.69) is 4.98 Å². The molecular formula is C7H6Cl2INO. The van der Waals surface area contributed by atoms with Crippen LogP contribution in [0.5, 0.6) is 0 Å². The van der Waals surface area contributed by atoms with Crippen molar-refractivity contribution in [1.29, 1.82) is 0 Å². The summed E-state index contributed by atoms with van der Waals surface area (Å²) in [7, 11) is 0. The van der Waals surface area contributed by atoms with Gasteiger partial charge in [0, 0.05) is 18.0 Å². The molecule has 0 saturated heterocycles. The second-order valence-electron chi connectivity index (χ2n) is 2.43. The molecule has 0 fully saturated rings. The lowest BCUT2D eigenvalue weighted by Crippen LogP contribution is -2.12. The summed E-state index contributed by atoms with van der Waals surface area (Å²) < 4.78 is -1.06. The Morgan fingerprint density at radius 1 is 1.42 bits per heavy atom. The summed E-state index contributed by atoms with van der Waals surface area (Å²) in [5.74, 6) is 0. The van der Waals surface area contributed by atoms with Gasteiger partial charge in [0.05, 0.1) is 10.0 Å². The fraction of sp³-hybridized carbons (Fsp3) is 0.286. The van der Waals surface area contributed by atoms with Crippen molar-refractivity contribution in [1.82, 2.24) is 4.98 Å². The van der Waals surface area contributed by atoms with Gasteiger partial charge in [-0.3, -0.25) is 4.98 Å². The molecule has 0 bridgehead atoms. The normalized spacial score (nSPS) is 15.8. The number of halogens is 3. The van der Waals surface area contributed by atoms with Gasteiger partial charge in [-0.15, -0.1) is 0 Å². The molecule has 1 heterocycles. The van der Waals surface area contributed by atoms with E-state index in [1.807, 2.05) is 22.6 Å². The molecular weight excluding hydrogens is 312 g/mol. The zero-order valence-corrected chi connectivity index (χ0v) is 9.85. The number of pyridine rings is 1. The molecule has 0 saturated carbocycles. The van der Waals surface area contributed by atoms with Crippen LogP contribution in [0, 0.1) is 0 Å². The Bertz CT molecular complexity index is 278. The molecule has 0 radical (unpaired) electrons. The lowest BCUT2D eigenvalue weighted by atomic mass is 10.2. The molecule has 0 aromatic carbocycles. The molecule has 1 rings (SSSR count). The van der Waals surface area contributed by atoms with Crippen molar-refractivity contribution >= 4 is 45.8 Å². The van der Waals surface area contributed by atoms with Crippen molar-refractivity contribution in [3.8, 4) is 0 Å². The molecule has 2 nitrogen and oxygen atoms in total. The van der Waals surface area contributed by atoms with Gasteiger partial charge in [0.15, 0.2) is 0 Å². The highest BCUT2D eigenvalue weighted by Crippen LogP contribution is 2.37. The zero-order valence-electron chi connectivity index (χ0n) is 6.18. The Kier molecular flexibility index (Phi) is 3.20. The number of hydrogen-bond donors (Lipinski definition) is 1. The van der Waals surface area contributed by atoms with E-state index >= 15 is 0 Å². The van der Waals surface area contributed by atoms with Crippen LogP contribution in [0.25, 0.3) is 0 Å². The zero-order chi connectivity index (χ0) is 9.35. The first-order chi connectivity index (χ1) is 5.43. The van der Waals surface area contributed by atoms with Gasteiger partial charge in [0.1, 0.15) is 3.61 Å². The van der Waals surface area contributed by atoms with Crippen molar-refractivity contribution in [2.24, 2.45) is 0 Å². The third-order valence-electron chi connectivity index (χ3n) is 1.31. The third kappa shape index (κ3) is 2.22. The number of nitrogens with zero attached hydrogens (tertiary/aromatic N) is 1. The molecule has 12 heavy (non-hydrogen) atoms. The molecule has 1 aromatic rings. The SMILES string of the molecule is C[C@](O)(I)c1c(Cl)cncc1Cl. The van der Waals surface area contributed by atoms with E-state index in [0.29, 0.717) is 15.6 Å². The summed E-state index contributed by atoms with van der Waals surface area (Å²) >= 11 is 13.5. The first-order valence-corrected chi connectivity index (χ1v) is 4.97. The van der Waals surface area contributed by atoms with Crippen LogP contribution in [-0.2, 0) is 3.61 Å². The van der Waals surface area contributed by atoms with Crippen LogP contribution in [0.2, 0.25) is 10.0 Å². The number of aliphatic hydroxyl groups is 1. The average molecular weight is 318 g/mol. The van der Waals surface area contributed by atoms with Crippen molar-refractivity contribution in [3.63, 3.8) is 0 Å². The van der Waals surface area contributed by atoms with E-state index in [9.17, 15) is 5.11 Å². The van der Waals surface area contributed by atoms with Gasteiger partial charge in [-0.2, -0.15) is 0 Å². The number of rotatable bonds is 1. The minimum atomic E-state index is -1.06. The van der Waals surface area contributed by atoms with Crippen LogP contribution in [0.3, 0.4) is 0 Å². The molecule has 5 heteroatoms. The molecule has 66 valence electrons. The monoisotopic (exact) mass is 317 g/mol. The van der Waals surface area contributed by atoms with Crippen LogP contribution in [0.4, 0.5) is 0 Å². The highest BCUT2D eigenvalue weighted by Gasteiger charge is 2.24. The standard InChI is InChI=1S/C7H6Cl2INO/c1-7(10,12)6-4(8)2-11-3-5(6)9/h2-3,12H,1H3/t7-/m1/s1. The molecule has 0 amide bonds. The van der Waals surface area contributed by atoms with Gasteiger partial charge in [0.25, 0.3) is 0 Å². The molecule has 0 unspecified atom stereocenters. The molecule has 0 aliphatic rings. The number of hydrogen-bond acceptors (Lipinski definition) is 2. The van der Waals surface area contributed by atoms with Crippen LogP contribution in [0.1, 0.15) is 12.5 Å². The smallest absolute Gasteiger partial charge is 0.141 e. The highest BCUT2D eigenvalue weighted by molar-refractivity contribution is 14.1. The number of alkyl halides is 1. The van der Waals surface area contributed by atoms with Crippen molar-refractivity contribution in [2.45, 2.75) is 10.5 Å². The van der Waals surface area contributed by atoms with Gasteiger partial charge >= 0.3 is 0 Å². The predicted molar refractivity (Wildman–Crippen MR) is 57.8 cm³/mol. The first-order valence-electron chi connectivity index (χ1n) is 3.13. The van der Waals surface area contributed by atoms with Crippen LogP contribution in [0.15, 0.2) is 12.4 Å². The summed E-state index contributed by atoms with van der Waals surface area (Å²) in [5.41, 5.74) is 0.501. The summed E-state index contributed by atoms with van der Waals surface area (Å²) in [5, 5.41) is 10.4. The molecule has 1 N–H and O–H groups in total. The van der Waals surface area contributed by atoms with Crippen molar-refractivity contribution < 1.29 is 5.11 Å². The van der Waals surface area contributed by atoms with E-state index in [1.54, 1.807) is 6.92 Å². The maximum Gasteiger partial charge on any atom is 0.141 e. The fourth-order valence-corrected chi connectivity index (χ4v) is 2.48. The Labute approximate surface area is 94.0 Å².